The lowest BCUT2D eigenvalue weighted by molar-refractivity contribution is 0.553. The molecule has 6 nitrogen and oxygen atoms in total. The minimum Gasteiger partial charge on any atom is -0.448 e. The fraction of sp³-hybridized carbons (Fsp3) is 0. The molecule has 96 valence electrons. The van der Waals surface area contributed by atoms with Gasteiger partial charge in [0.1, 0.15) is 11.5 Å². The molecule has 3 rings (SSSR count). The Morgan fingerprint density at radius 3 is 2.68 bits per heavy atom. The van der Waals surface area contributed by atoms with Crippen LogP contribution in [0.15, 0.2) is 39.4 Å². The first kappa shape index (κ1) is 12.2. The van der Waals surface area contributed by atoms with E-state index in [1.807, 2.05) is 0 Å². The molecule has 8 heteroatoms. The molecule has 0 spiro atoms. The van der Waals surface area contributed by atoms with Crippen molar-refractivity contribution in [1.29, 1.82) is 0 Å². The van der Waals surface area contributed by atoms with E-state index in [0.717, 1.165) is 0 Å². The Morgan fingerprint density at radius 2 is 2.05 bits per heavy atom. The molecule has 0 aliphatic carbocycles. The monoisotopic (exact) mass is 339 g/mol. The molecule has 0 radical (unpaired) electrons. The van der Waals surface area contributed by atoms with E-state index in [2.05, 4.69) is 31.2 Å². The van der Waals surface area contributed by atoms with Crippen molar-refractivity contribution >= 4 is 33.3 Å². The largest absolute Gasteiger partial charge is 0.448 e. The van der Waals surface area contributed by atoms with Crippen LogP contribution in [-0.4, -0.2) is 20.0 Å². The number of nitrogen functional groups attached to an aromatic ring is 1. The molecule has 0 atom stereocenters. The van der Waals surface area contributed by atoms with Crippen molar-refractivity contribution in [3.63, 3.8) is 0 Å². The van der Waals surface area contributed by atoms with E-state index in [1.165, 1.54) is 4.68 Å². The molecule has 19 heavy (non-hydrogen) atoms. The minimum atomic E-state index is 0.310. The number of aromatic nitrogens is 4. The lowest BCUT2D eigenvalue weighted by atomic mass is 10.3. The second-order valence-corrected chi connectivity index (χ2v) is 4.85. The van der Waals surface area contributed by atoms with Crippen LogP contribution in [0, 0.1) is 0 Å². The van der Waals surface area contributed by atoms with E-state index in [9.17, 15) is 0 Å². The van der Waals surface area contributed by atoms with Crippen LogP contribution in [0.25, 0.3) is 17.3 Å². The molecule has 3 aromatic rings. The fourth-order valence-electron chi connectivity index (χ4n) is 1.57. The van der Waals surface area contributed by atoms with Gasteiger partial charge in [-0.1, -0.05) is 11.6 Å². The zero-order valence-electron chi connectivity index (χ0n) is 9.42. The van der Waals surface area contributed by atoms with Gasteiger partial charge in [0.25, 0.3) is 0 Å². The third-order valence-electron chi connectivity index (χ3n) is 2.40. The maximum absolute atomic E-state index is 5.90. The third kappa shape index (κ3) is 2.34. The van der Waals surface area contributed by atoms with Crippen molar-refractivity contribution in [2.45, 2.75) is 0 Å². The lowest BCUT2D eigenvalue weighted by Gasteiger charge is -2.00. The minimum absolute atomic E-state index is 0.310. The summed E-state index contributed by atoms with van der Waals surface area (Å²) in [5.41, 5.74) is 6.51. The molecule has 0 unspecified atom stereocenters. The van der Waals surface area contributed by atoms with Gasteiger partial charge in [-0.15, -0.1) is 10.2 Å². The Labute approximate surface area is 121 Å². The van der Waals surface area contributed by atoms with E-state index in [4.69, 9.17) is 21.8 Å². The van der Waals surface area contributed by atoms with Crippen molar-refractivity contribution in [2.24, 2.45) is 0 Å². The Hall–Kier alpha value is -1.86. The molecular weight excluding hydrogens is 334 g/mol. The normalized spacial score (nSPS) is 10.8. The van der Waals surface area contributed by atoms with Crippen LogP contribution in [0.2, 0.25) is 5.15 Å². The molecule has 0 fully saturated rings. The predicted molar refractivity (Wildman–Crippen MR) is 74.0 cm³/mol. The van der Waals surface area contributed by atoms with Gasteiger partial charge in [-0.3, -0.25) is 0 Å². The number of anilines is 1. The van der Waals surface area contributed by atoms with Gasteiger partial charge in [0.2, 0.25) is 0 Å². The van der Waals surface area contributed by atoms with Crippen LogP contribution < -0.4 is 5.73 Å². The van der Waals surface area contributed by atoms with E-state index in [1.54, 1.807) is 30.3 Å². The van der Waals surface area contributed by atoms with Crippen LogP contribution >= 0.6 is 27.5 Å². The first-order chi connectivity index (χ1) is 9.13. The number of hydrogen-bond donors (Lipinski definition) is 1. The van der Waals surface area contributed by atoms with Crippen molar-refractivity contribution in [1.82, 2.24) is 20.0 Å². The van der Waals surface area contributed by atoms with Crippen LogP contribution in [0.1, 0.15) is 0 Å². The quantitative estimate of drug-likeness (QED) is 0.775. The van der Waals surface area contributed by atoms with E-state index in [-0.39, 0.29) is 0 Å². The second-order valence-electron chi connectivity index (χ2n) is 3.68. The molecule has 0 aliphatic heterocycles. The highest BCUT2D eigenvalue weighted by atomic mass is 79.9. The fourth-order valence-corrected chi connectivity index (χ4v) is 1.98. The highest BCUT2D eigenvalue weighted by molar-refractivity contribution is 9.10. The van der Waals surface area contributed by atoms with E-state index in [0.29, 0.717) is 32.9 Å². The number of hydrogen-bond acceptors (Lipinski definition) is 5. The van der Waals surface area contributed by atoms with Gasteiger partial charge in [-0.05, 0) is 40.2 Å². The van der Waals surface area contributed by atoms with E-state index >= 15 is 0 Å². The first-order valence-electron chi connectivity index (χ1n) is 5.24. The molecule has 0 saturated heterocycles. The Balaban J connectivity index is 2.04. The first-order valence-corrected chi connectivity index (χ1v) is 6.41. The van der Waals surface area contributed by atoms with Crippen molar-refractivity contribution in [3.05, 3.63) is 40.2 Å². The Bertz CT molecular complexity index is 721. The molecule has 3 heterocycles. The van der Waals surface area contributed by atoms with Gasteiger partial charge in [-0.25, -0.2) is 0 Å². The highest BCUT2D eigenvalue weighted by Crippen LogP contribution is 2.26. The van der Waals surface area contributed by atoms with Crippen LogP contribution in [0.5, 0.6) is 0 Å². The molecule has 0 amide bonds. The summed E-state index contributed by atoms with van der Waals surface area (Å²) in [4.78, 5) is 0. The number of rotatable bonds is 2. The Kier molecular flexibility index (Phi) is 3.00. The summed E-state index contributed by atoms with van der Waals surface area (Å²) in [6, 6.07) is 8.58. The summed E-state index contributed by atoms with van der Waals surface area (Å²) >= 11 is 8.93. The van der Waals surface area contributed by atoms with Gasteiger partial charge < -0.3 is 10.2 Å². The van der Waals surface area contributed by atoms with Crippen LogP contribution in [0.4, 0.5) is 5.82 Å². The van der Waals surface area contributed by atoms with Gasteiger partial charge in [-0.2, -0.15) is 9.78 Å². The predicted octanol–water partition coefficient (Wildman–Crippen LogP) is 2.92. The maximum Gasteiger partial charge on any atom is 0.178 e. The molecule has 0 saturated carbocycles. The van der Waals surface area contributed by atoms with Crippen molar-refractivity contribution < 1.29 is 4.42 Å². The number of nitrogens with zero attached hydrogens (tertiary/aromatic N) is 4. The van der Waals surface area contributed by atoms with Gasteiger partial charge in [0.15, 0.2) is 21.4 Å². The summed E-state index contributed by atoms with van der Waals surface area (Å²) in [7, 11) is 0. The molecule has 0 bridgehead atoms. The van der Waals surface area contributed by atoms with Crippen molar-refractivity contribution in [2.75, 3.05) is 5.73 Å². The summed E-state index contributed by atoms with van der Waals surface area (Å²) in [6.45, 7) is 0. The molecule has 0 aliphatic rings. The number of furan rings is 1. The third-order valence-corrected chi connectivity index (χ3v) is 3.03. The van der Waals surface area contributed by atoms with Crippen LogP contribution in [0.3, 0.4) is 0 Å². The standard InChI is InChI=1S/C11H7BrClN5O/c12-8-2-1-7(19-8)6-5-10(14)18(17-6)11-4-3-9(13)15-16-11/h1-5H,14H2. The summed E-state index contributed by atoms with van der Waals surface area (Å²) < 4.78 is 7.52. The van der Waals surface area contributed by atoms with Gasteiger partial charge >= 0.3 is 0 Å². The summed E-state index contributed by atoms with van der Waals surface area (Å²) in [5.74, 6) is 1.53. The average molecular weight is 341 g/mol. The zero-order chi connectivity index (χ0) is 13.4. The lowest BCUT2D eigenvalue weighted by Crippen LogP contribution is -2.04. The summed E-state index contributed by atoms with van der Waals surface area (Å²) in [6.07, 6.45) is 0. The SMILES string of the molecule is Nc1cc(-c2ccc(Br)o2)nn1-c1ccc(Cl)nn1. The number of halogens is 2. The molecule has 0 aromatic carbocycles. The molecule has 2 N–H and O–H groups in total. The van der Waals surface area contributed by atoms with Gasteiger partial charge in [0, 0.05) is 6.07 Å². The Morgan fingerprint density at radius 1 is 1.21 bits per heavy atom. The highest BCUT2D eigenvalue weighted by Gasteiger charge is 2.12. The second kappa shape index (κ2) is 4.67. The van der Waals surface area contributed by atoms with Gasteiger partial charge in [0.05, 0.1) is 0 Å². The topological polar surface area (TPSA) is 82.8 Å². The van der Waals surface area contributed by atoms with Crippen LogP contribution in [-0.2, 0) is 0 Å². The van der Waals surface area contributed by atoms with E-state index < -0.39 is 0 Å². The van der Waals surface area contributed by atoms with Crippen molar-refractivity contribution in [3.8, 4) is 17.3 Å². The average Bonchev–Trinajstić information content (AvgIpc) is 2.97. The number of nitrogens with two attached hydrogens (primary N) is 1. The smallest absolute Gasteiger partial charge is 0.178 e. The maximum atomic E-state index is 5.90. The molecular formula is C11H7BrClN5O. The summed E-state index contributed by atoms with van der Waals surface area (Å²) in [5, 5.41) is 12.3. The zero-order valence-corrected chi connectivity index (χ0v) is 11.8. The molecule has 3 aromatic heterocycles.